The zero-order valence-electron chi connectivity index (χ0n) is 16.0. The van der Waals surface area contributed by atoms with Crippen molar-refractivity contribution < 1.29 is 4.79 Å². The first-order valence-electron chi connectivity index (χ1n) is 7.82. The van der Waals surface area contributed by atoms with E-state index in [4.69, 9.17) is 97.9 Å². The van der Waals surface area contributed by atoms with Gasteiger partial charge in [0.05, 0.1) is 42.9 Å². The first-order chi connectivity index (χ1) is 14.4. The summed E-state index contributed by atoms with van der Waals surface area (Å²) in [5, 5.41) is 15.3. The molecule has 0 aromatic heterocycles. The van der Waals surface area contributed by atoms with Crippen LogP contribution in [0.4, 0.5) is 0 Å². The van der Waals surface area contributed by atoms with Crippen molar-refractivity contribution in [3.8, 4) is 0 Å². The molecule has 9 N–H and O–H groups in total. The Morgan fingerprint density at radius 1 is 0.844 bits per heavy atom. The summed E-state index contributed by atoms with van der Waals surface area (Å²) < 4.78 is 0. The molecule has 0 aliphatic carbocycles. The number of carbonyl (C=O) groups is 1. The van der Waals surface area contributed by atoms with Crippen LogP contribution in [0.25, 0.3) is 0 Å². The van der Waals surface area contributed by atoms with Crippen LogP contribution < -0.4 is 22.9 Å². The summed E-state index contributed by atoms with van der Waals surface area (Å²) in [6.07, 6.45) is 2.07. The Hall–Kier alpha value is -1.49. The van der Waals surface area contributed by atoms with E-state index in [0.717, 1.165) is 0 Å². The molecule has 0 radical (unpaired) electrons. The molecule has 0 spiro atoms. The molecule has 15 heteroatoms. The third-order valence-electron chi connectivity index (χ3n) is 2.75. The van der Waals surface area contributed by atoms with Gasteiger partial charge in [0.15, 0.2) is 0 Å². The molecule has 0 saturated heterocycles. The van der Waals surface area contributed by atoms with E-state index in [1.165, 1.54) is 18.3 Å². The molecule has 0 unspecified atom stereocenters. The van der Waals surface area contributed by atoms with Gasteiger partial charge in [-0.05, 0) is 29.8 Å². The summed E-state index contributed by atoms with van der Waals surface area (Å²) in [6, 6.07) is 6.12. The zero-order chi connectivity index (χ0) is 24.1. The Labute approximate surface area is 220 Å². The number of nitrogens with two attached hydrogens (primary N) is 4. The van der Waals surface area contributed by atoms with Gasteiger partial charge in [0.1, 0.15) is 12.1 Å². The van der Waals surface area contributed by atoms with Crippen LogP contribution in [0.5, 0.6) is 0 Å². The average molecular weight is 585 g/mol. The number of hydrogen-bond donors (Lipinski definition) is 5. The molecular formula is C17H18Cl7N7O. The minimum atomic E-state index is -0.127. The molecule has 0 fully saturated rings. The highest BCUT2D eigenvalue weighted by atomic mass is 35.5. The van der Waals surface area contributed by atoms with Gasteiger partial charge in [-0.1, -0.05) is 69.6 Å². The number of nitrogens with one attached hydrogen (secondary N) is 1. The Balaban J connectivity index is 0. The van der Waals surface area contributed by atoms with Crippen molar-refractivity contribution >= 4 is 106 Å². The normalized spacial score (nSPS) is 9.47. The van der Waals surface area contributed by atoms with Crippen molar-refractivity contribution in [1.82, 2.24) is 0 Å². The number of rotatable bonds is 4. The van der Waals surface area contributed by atoms with E-state index in [-0.39, 0.29) is 35.8 Å². The van der Waals surface area contributed by atoms with Crippen LogP contribution in [0.3, 0.4) is 0 Å². The third kappa shape index (κ3) is 13.1. The fraction of sp³-hybridized carbons (Fsp3) is 0.0588. The number of halogens is 7. The Bertz CT molecular complexity index is 934. The number of nitrogens with zero attached hydrogens (tertiary/aromatic N) is 2. The molecule has 2 aromatic carbocycles. The first-order valence-corrected chi connectivity index (χ1v) is 10.1. The van der Waals surface area contributed by atoms with Gasteiger partial charge in [-0.3, -0.25) is 10.2 Å². The van der Waals surface area contributed by atoms with Crippen molar-refractivity contribution in [3.63, 3.8) is 0 Å². The molecule has 0 aliphatic heterocycles. The SMILES string of the molecule is Cl.N=C(N)CN.NC(N)=N/N=C/c1cc(Cl)c(Cl)c(Cl)c1.O=Cc1cc(Cl)c(Cl)c(Cl)c1. The highest BCUT2D eigenvalue weighted by Crippen LogP contribution is 2.31. The molecule has 0 atom stereocenters. The Morgan fingerprint density at radius 2 is 1.19 bits per heavy atom. The predicted molar refractivity (Wildman–Crippen MR) is 140 cm³/mol. The number of aldehydes is 1. The molecule has 32 heavy (non-hydrogen) atoms. The third-order valence-corrected chi connectivity index (χ3v) is 5.14. The summed E-state index contributed by atoms with van der Waals surface area (Å²) in [6.45, 7) is 0.167. The Morgan fingerprint density at radius 3 is 1.47 bits per heavy atom. The smallest absolute Gasteiger partial charge is 0.211 e. The van der Waals surface area contributed by atoms with Crippen molar-refractivity contribution in [2.24, 2.45) is 33.1 Å². The second kappa shape index (κ2) is 17.0. The van der Waals surface area contributed by atoms with E-state index in [0.29, 0.717) is 42.5 Å². The lowest BCUT2D eigenvalue weighted by Gasteiger charge is -1.99. The van der Waals surface area contributed by atoms with Crippen molar-refractivity contribution in [1.29, 1.82) is 5.41 Å². The maximum Gasteiger partial charge on any atom is 0.211 e. The fourth-order valence-electron chi connectivity index (χ4n) is 1.46. The fourth-order valence-corrected chi connectivity index (χ4v) is 2.68. The molecule has 0 aliphatic rings. The zero-order valence-corrected chi connectivity index (χ0v) is 21.3. The lowest BCUT2D eigenvalue weighted by Crippen LogP contribution is -2.21. The van der Waals surface area contributed by atoms with Crippen LogP contribution in [-0.4, -0.2) is 30.8 Å². The second-order valence-electron chi connectivity index (χ2n) is 5.21. The van der Waals surface area contributed by atoms with E-state index in [2.05, 4.69) is 10.2 Å². The van der Waals surface area contributed by atoms with E-state index in [1.54, 1.807) is 12.1 Å². The molecule has 2 aromatic rings. The molecular weight excluding hydrogens is 566 g/mol. The maximum absolute atomic E-state index is 10.3. The van der Waals surface area contributed by atoms with Crippen molar-refractivity contribution in [2.75, 3.05) is 6.54 Å². The van der Waals surface area contributed by atoms with E-state index in [9.17, 15) is 4.79 Å². The molecule has 0 amide bonds. The monoisotopic (exact) mass is 581 g/mol. The summed E-state index contributed by atoms with van der Waals surface area (Å²) in [5.74, 6) is -0.0950. The minimum Gasteiger partial charge on any atom is -0.387 e. The van der Waals surface area contributed by atoms with Crippen molar-refractivity contribution in [2.45, 2.75) is 0 Å². The summed E-state index contributed by atoms with van der Waals surface area (Å²) >= 11 is 34.2. The summed E-state index contributed by atoms with van der Waals surface area (Å²) in [7, 11) is 0. The minimum absolute atomic E-state index is 0. The van der Waals surface area contributed by atoms with E-state index < -0.39 is 0 Å². The van der Waals surface area contributed by atoms with Crippen LogP contribution in [-0.2, 0) is 0 Å². The highest BCUT2D eigenvalue weighted by molar-refractivity contribution is 6.48. The summed E-state index contributed by atoms with van der Waals surface area (Å²) in [5.41, 5.74) is 20.8. The van der Waals surface area contributed by atoms with Gasteiger partial charge in [0.25, 0.3) is 0 Å². The van der Waals surface area contributed by atoms with Gasteiger partial charge in [-0.15, -0.1) is 17.5 Å². The van der Waals surface area contributed by atoms with E-state index >= 15 is 0 Å². The van der Waals surface area contributed by atoms with Crippen molar-refractivity contribution in [3.05, 3.63) is 65.5 Å². The predicted octanol–water partition coefficient (Wildman–Crippen LogP) is 5.02. The van der Waals surface area contributed by atoms with Crippen LogP contribution in [0, 0.1) is 5.41 Å². The number of benzene rings is 2. The average Bonchev–Trinajstić information content (AvgIpc) is 2.70. The standard InChI is InChI=1S/C8H7Cl3N4.C7H3Cl3O.C2H7N3.ClH/c9-5-1-4(2-6(10)7(5)11)3-14-15-8(12)13;8-5-1-4(3-11)2-6(9)7(5)10;3-1-2(4)5;/h1-3H,(H4,12,13,15);1-3H;1,3H2,(H3,4,5);1H/b14-3+;;;. The largest absolute Gasteiger partial charge is 0.387 e. The second-order valence-corrected chi connectivity index (χ2v) is 7.60. The van der Waals surface area contributed by atoms with Crippen LogP contribution in [0.15, 0.2) is 34.5 Å². The molecule has 2 rings (SSSR count). The quantitative estimate of drug-likeness (QED) is 0.112. The molecule has 0 heterocycles. The number of hydrogen-bond acceptors (Lipinski definition) is 5. The Kier molecular flexibility index (Phi) is 17.4. The van der Waals surface area contributed by atoms with Crippen LogP contribution in [0.2, 0.25) is 30.1 Å². The highest BCUT2D eigenvalue weighted by Gasteiger charge is 2.05. The molecule has 8 nitrogen and oxygen atoms in total. The van der Waals surface area contributed by atoms with Crippen LogP contribution in [0.1, 0.15) is 15.9 Å². The van der Waals surface area contributed by atoms with Gasteiger partial charge >= 0.3 is 0 Å². The molecule has 0 bridgehead atoms. The maximum atomic E-state index is 10.3. The molecule has 0 saturated carbocycles. The van der Waals surface area contributed by atoms with Gasteiger partial charge in [-0.25, -0.2) is 0 Å². The van der Waals surface area contributed by atoms with Gasteiger partial charge < -0.3 is 22.9 Å². The lowest BCUT2D eigenvalue weighted by molar-refractivity contribution is 0.112. The topological polar surface area (TPSA) is 170 Å². The summed E-state index contributed by atoms with van der Waals surface area (Å²) in [4.78, 5) is 10.3. The first kappa shape index (κ1) is 32.7. The van der Waals surface area contributed by atoms with Crippen LogP contribution >= 0.6 is 82.0 Å². The van der Waals surface area contributed by atoms with Gasteiger partial charge in [-0.2, -0.15) is 5.10 Å². The van der Waals surface area contributed by atoms with Gasteiger partial charge in [0, 0.05) is 5.56 Å². The number of guanidine groups is 1. The van der Waals surface area contributed by atoms with E-state index in [1.807, 2.05) is 0 Å². The number of carbonyl (C=O) groups excluding carboxylic acids is 1. The van der Waals surface area contributed by atoms with Gasteiger partial charge in [0.2, 0.25) is 5.96 Å². The lowest BCUT2D eigenvalue weighted by atomic mass is 10.2. The molecule has 176 valence electrons. The number of amidine groups is 1.